The molecule has 0 aliphatic rings. The largest absolute Gasteiger partial charge is 0.494 e. The number of hydrogen-bond acceptors (Lipinski definition) is 6. The van der Waals surface area contributed by atoms with Crippen molar-refractivity contribution in [1.29, 1.82) is 0 Å². The fraction of sp³-hybridized carbons (Fsp3) is 0.312. The maximum absolute atomic E-state index is 12.0. The predicted molar refractivity (Wildman–Crippen MR) is 87.8 cm³/mol. The van der Waals surface area contributed by atoms with Gasteiger partial charge in [0.2, 0.25) is 5.91 Å². The van der Waals surface area contributed by atoms with Gasteiger partial charge in [0.25, 0.3) is 0 Å². The highest BCUT2D eigenvalue weighted by Crippen LogP contribution is 2.17. The Morgan fingerprint density at radius 2 is 1.96 bits per heavy atom. The minimum atomic E-state index is -0.359. The second kappa shape index (κ2) is 8.28. The van der Waals surface area contributed by atoms with E-state index in [-0.39, 0.29) is 24.7 Å². The average molecular weight is 334 g/mol. The molecule has 0 spiro atoms. The van der Waals surface area contributed by atoms with E-state index in [1.54, 1.807) is 5.38 Å². The summed E-state index contributed by atoms with van der Waals surface area (Å²) in [6, 6.07) is 7.39. The molecule has 0 fully saturated rings. The van der Waals surface area contributed by atoms with E-state index < -0.39 is 0 Å². The molecule has 0 radical (unpaired) electrons. The van der Waals surface area contributed by atoms with E-state index >= 15 is 0 Å². The zero-order chi connectivity index (χ0) is 16.7. The monoisotopic (exact) mass is 334 g/mol. The normalized spacial score (nSPS) is 10.2. The van der Waals surface area contributed by atoms with Crippen LogP contribution in [-0.4, -0.2) is 30.6 Å². The molecule has 0 unspecified atom stereocenters. The van der Waals surface area contributed by atoms with Gasteiger partial charge in [-0.1, -0.05) is 12.1 Å². The maximum Gasteiger partial charge on any atom is 0.311 e. The Bertz CT molecular complexity index is 667. The summed E-state index contributed by atoms with van der Waals surface area (Å²) in [4.78, 5) is 27.4. The molecule has 0 aliphatic heterocycles. The number of thiazole rings is 1. The lowest BCUT2D eigenvalue weighted by Crippen LogP contribution is -2.14. The summed E-state index contributed by atoms with van der Waals surface area (Å²) in [7, 11) is 1.33. The Kier molecular flexibility index (Phi) is 6.10. The fourth-order valence-corrected chi connectivity index (χ4v) is 2.61. The molecular weight excluding hydrogens is 316 g/mol. The molecule has 23 heavy (non-hydrogen) atoms. The SMILES string of the molecule is CCOc1ccc(CC(=O)Nc2nc(CC(=O)OC)cs2)cc1. The van der Waals surface area contributed by atoms with Gasteiger partial charge < -0.3 is 14.8 Å². The quantitative estimate of drug-likeness (QED) is 0.787. The predicted octanol–water partition coefficient (Wildman–Crippen LogP) is 2.44. The number of hydrogen-bond donors (Lipinski definition) is 1. The van der Waals surface area contributed by atoms with Crippen LogP contribution in [0.2, 0.25) is 0 Å². The first-order valence-electron chi connectivity index (χ1n) is 7.13. The van der Waals surface area contributed by atoms with Crippen LogP contribution in [-0.2, 0) is 27.2 Å². The maximum atomic E-state index is 12.0. The van der Waals surface area contributed by atoms with E-state index in [9.17, 15) is 9.59 Å². The Morgan fingerprint density at radius 3 is 2.61 bits per heavy atom. The van der Waals surface area contributed by atoms with Crippen LogP contribution >= 0.6 is 11.3 Å². The van der Waals surface area contributed by atoms with Crippen molar-refractivity contribution >= 4 is 28.3 Å². The van der Waals surface area contributed by atoms with Crippen molar-refractivity contribution in [2.75, 3.05) is 19.0 Å². The molecule has 0 atom stereocenters. The molecular formula is C16H18N2O4S. The number of amides is 1. The van der Waals surface area contributed by atoms with Crippen LogP contribution in [0.25, 0.3) is 0 Å². The molecule has 1 N–H and O–H groups in total. The van der Waals surface area contributed by atoms with E-state index in [1.807, 2.05) is 31.2 Å². The number of carbonyl (C=O) groups is 2. The molecule has 0 saturated carbocycles. The highest BCUT2D eigenvalue weighted by atomic mass is 32.1. The number of anilines is 1. The number of nitrogens with one attached hydrogen (secondary N) is 1. The van der Waals surface area contributed by atoms with Crippen LogP contribution < -0.4 is 10.1 Å². The number of nitrogens with zero attached hydrogens (tertiary/aromatic N) is 1. The molecule has 2 rings (SSSR count). The summed E-state index contributed by atoms with van der Waals surface area (Å²) in [5.41, 5.74) is 1.47. The van der Waals surface area contributed by atoms with Crippen LogP contribution in [0.15, 0.2) is 29.6 Å². The van der Waals surface area contributed by atoms with Gasteiger partial charge in [0.05, 0.1) is 32.3 Å². The van der Waals surface area contributed by atoms with Gasteiger partial charge in [-0.25, -0.2) is 4.98 Å². The molecule has 0 bridgehead atoms. The van der Waals surface area contributed by atoms with Crippen LogP contribution in [0.1, 0.15) is 18.2 Å². The number of benzene rings is 1. The van der Waals surface area contributed by atoms with Crippen LogP contribution in [0.3, 0.4) is 0 Å². The van der Waals surface area contributed by atoms with E-state index in [2.05, 4.69) is 15.0 Å². The summed E-state index contributed by atoms with van der Waals surface area (Å²) in [6.07, 6.45) is 0.347. The Hall–Kier alpha value is -2.41. The third-order valence-electron chi connectivity index (χ3n) is 2.95. The lowest BCUT2D eigenvalue weighted by molar-refractivity contribution is -0.139. The van der Waals surface area contributed by atoms with Gasteiger partial charge in [-0.3, -0.25) is 9.59 Å². The summed E-state index contributed by atoms with van der Waals surface area (Å²) >= 11 is 1.28. The van der Waals surface area contributed by atoms with E-state index in [4.69, 9.17) is 4.74 Å². The zero-order valence-corrected chi connectivity index (χ0v) is 13.8. The number of rotatable bonds is 7. The highest BCUT2D eigenvalue weighted by molar-refractivity contribution is 7.13. The van der Waals surface area contributed by atoms with E-state index in [0.717, 1.165) is 11.3 Å². The first-order valence-corrected chi connectivity index (χ1v) is 8.01. The molecule has 0 aliphatic carbocycles. The minimum absolute atomic E-state index is 0.0990. The van der Waals surface area contributed by atoms with Gasteiger partial charge >= 0.3 is 5.97 Å². The number of methoxy groups -OCH3 is 1. The number of aromatic nitrogens is 1. The summed E-state index contributed by atoms with van der Waals surface area (Å²) in [5, 5.41) is 4.92. The van der Waals surface area contributed by atoms with Crippen molar-refractivity contribution in [3.05, 3.63) is 40.9 Å². The second-order valence-electron chi connectivity index (χ2n) is 4.70. The van der Waals surface area contributed by atoms with Crippen molar-refractivity contribution in [3.8, 4) is 5.75 Å². The smallest absolute Gasteiger partial charge is 0.311 e. The standard InChI is InChI=1S/C16H18N2O4S/c1-3-22-13-6-4-11(5-7-13)8-14(19)18-16-17-12(10-23-16)9-15(20)21-2/h4-7,10H,3,8-9H2,1-2H3,(H,17,18,19). The van der Waals surface area contributed by atoms with Gasteiger partial charge in [0, 0.05) is 5.38 Å². The van der Waals surface area contributed by atoms with Gasteiger partial charge in [-0.05, 0) is 24.6 Å². The second-order valence-corrected chi connectivity index (χ2v) is 5.56. The van der Waals surface area contributed by atoms with Crippen molar-refractivity contribution < 1.29 is 19.1 Å². The van der Waals surface area contributed by atoms with Gasteiger partial charge in [0.15, 0.2) is 5.13 Å². The third kappa shape index (κ3) is 5.37. The molecule has 7 heteroatoms. The molecule has 1 amide bonds. The molecule has 1 aromatic carbocycles. The molecule has 1 aromatic heterocycles. The zero-order valence-electron chi connectivity index (χ0n) is 13.0. The lowest BCUT2D eigenvalue weighted by atomic mass is 10.1. The van der Waals surface area contributed by atoms with Crippen LogP contribution in [0.4, 0.5) is 5.13 Å². The number of carbonyl (C=O) groups excluding carboxylic acids is 2. The van der Waals surface area contributed by atoms with E-state index in [0.29, 0.717) is 17.4 Å². The van der Waals surface area contributed by atoms with Crippen LogP contribution in [0.5, 0.6) is 5.75 Å². The minimum Gasteiger partial charge on any atom is -0.494 e. The number of ether oxygens (including phenoxy) is 2. The summed E-state index contributed by atoms with van der Waals surface area (Å²) in [6.45, 7) is 2.53. The molecule has 122 valence electrons. The Labute approximate surface area is 138 Å². The molecule has 2 aromatic rings. The summed E-state index contributed by atoms with van der Waals surface area (Å²) < 4.78 is 9.94. The molecule has 6 nitrogen and oxygen atoms in total. The average Bonchev–Trinajstić information content (AvgIpc) is 2.96. The first kappa shape index (κ1) is 17.0. The summed E-state index contributed by atoms with van der Waals surface area (Å²) in [5.74, 6) is 0.264. The van der Waals surface area contributed by atoms with Crippen LogP contribution in [0, 0.1) is 0 Å². The Morgan fingerprint density at radius 1 is 1.22 bits per heavy atom. The first-order chi connectivity index (χ1) is 11.1. The van der Waals surface area contributed by atoms with Gasteiger partial charge in [-0.2, -0.15) is 0 Å². The highest BCUT2D eigenvalue weighted by Gasteiger charge is 2.10. The Balaban J connectivity index is 1.88. The topological polar surface area (TPSA) is 77.5 Å². The van der Waals surface area contributed by atoms with E-state index in [1.165, 1.54) is 18.4 Å². The van der Waals surface area contributed by atoms with Gasteiger partial charge in [-0.15, -0.1) is 11.3 Å². The van der Waals surface area contributed by atoms with Crippen molar-refractivity contribution in [2.45, 2.75) is 19.8 Å². The fourth-order valence-electron chi connectivity index (χ4n) is 1.88. The van der Waals surface area contributed by atoms with Gasteiger partial charge in [0.1, 0.15) is 5.75 Å². The van der Waals surface area contributed by atoms with Crippen molar-refractivity contribution in [1.82, 2.24) is 4.98 Å². The van der Waals surface area contributed by atoms with Crippen molar-refractivity contribution in [3.63, 3.8) is 0 Å². The van der Waals surface area contributed by atoms with Crippen molar-refractivity contribution in [2.24, 2.45) is 0 Å². The molecule has 0 saturated heterocycles. The molecule has 1 heterocycles. The lowest BCUT2D eigenvalue weighted by Gasteiger charge is -2.05. The third-order valence-corrected chi connectivity index (χ3v) is 3.76. The number of esters is 1.